The first-order valence-corrected chi connectivity index (χ1v) is 15.2. The molecule has 0 aliphatic rings. The van der Waals surface area contributed by atoms with Gasteiger partial charge in [-0.3, -0.25) is 9.78 Å². The van der Waals surface area contributed by atoms with Gasteiger partial charge in [0.25, 0.3) is 5.91 Å². The molecule has 0 spiro atoms. The molecule has 21 heteroatoms. The molecule has 1 amide bonds. The Kier molecular flexibility index (Phi) is 14.5. The van der Waals surface area contributed by atoms with Crippen molar-refractivity contribution in [1.29, 1.82) is 0 Å². The van der Waals surface area contributed by atoms with Gasteiger partial charge in [0.1, 0.15) is 35.4 Å². The van der Waals surface area contributed by atoms with Gasteiger partial charge in [-0.2, -0.15) is 31.4 Å². The number of aliphatic hydroxyl groups excluding tert-OH is 1. The van der Waals surface area contributed by atoms with E-state index in [0.29, 0.717) is 39.8 Å². The third-order valence-corrected chi connectivity index (χ3v) is 7.08. The quantitative estimate of drug-likeness (QED) is 0.148. The number of hydrogen-bond acceptors (Lipinski definition) is 10. The van der Waals surface area contributed by atoms with Crippen LogP contribution in [0.15, 0.2) is 30.7 Å². The van der Waals surface area contributed by atoms with Crippen LogP contribution in [0.2, 0.25) is 5.02 Å². The number of pyridine rings is 1. The van der Waals surface area contributed by atoms with E-state index < -0.39 is 36.4 Å². The lowest BCUT2D eigenvalue weighted by molar-refractivity contribution is -0.193. The summed E-state index contributed by atoms with van der Waals surface area (Å²) in [5.74, 6) is 0.742. The summed E-state index contributed by atoms with van der Waals surface area (Å²) in [4.78, 5) is 44.6. The second kappa shape index (κ2) is 17.7. The molecule has 0 aliphatic carbocycles. The number of carboxylic acids is 2. The van der Waals surface area contributed by atoms with Crippen LogP contribution in [0.4, 0.5) is 32.2 Å². The van der Waals surface area contributed by atoms with Gasteiger partial charge < -0.3 is 30.7 Å². The van der Waals surface area contributed by atoms with Crippen LogP contribution in [0.5, 0.6) is 5.75 Å². The molecule has 0 radical (unpaired) electrons. The number of aliphatic carboxylic acids is 2. The Morgan fingerprint density at radius 1 is 1.04 bits per heavy atom. The highest BCUT2D eigenvalue weighted by molar-refractivity contribution is 6.32. The number of nitrogens with zero attached hydrogens (tertiary/aromatic N) is 6. The number of ether oxygens (including phenoxy) is 1. The second-order valence-corrected chi connectivity index (χ2v) is 11.2. The molecule has 4 aromatic rings. The van der Waals surface area contributed by atoms with E-state index in [-0.39, 0.29) is 11.7 Å². The number of halogens is 7. The molecule has 2 unspecified atom stereocenters. The molecule has 286 valence electrons. The molecule has 14 nitrogen and oxygen atoms in total. The smallest absolute Gasteiger partial charge is 0.490 e. The minimum Gasteiger partial charge on any atom is -0.493 e. The Balaban J connectivity index is 0.000000587. The van der Waals surface area contributed by atoms with Crippen LogP contribution in [-0.4, -0.2) is 102 Å². The van der Waals surface area contributed by atoms with Gasteiger partial charge in [0.15, 0.2) is 5.65 Å². The van der Waals surface area contributed by atoms with Crippen LogP contribution < -0.4 is 10.5 Å². The van der Waals surface area contributed by atoms with E-state index in [4.69, 9.17) is 47.0 Å². The summed E-state index contributed by atoms with van der Waals surface area (Å²) in [6, 6.07) is 4.96. The summed E-state index contributed by atoms with van der Waals surface area (Å²) in [7, 11) is 3.36. The van der Waals surface area contributed by atoms with Crippen molar-refractivity contribution < 1.29 is 60.8 Å². The van der Waals surface area contributed by atoms with Crippen LogP contribution >= 0.6 is 11.6 Å². The number of aliphatic hydroxyl groups is 1. The normalized spacial score (nSPS) is 12.2. The fourth-order valence-electron chi connectivity index (χ4n) is 4.26. The first-order chi connectivity index (χ1) is 24.4. The van der Waals surface area contributed by atoms with Crippen LogP contribution in [0.3, 0.4) is 0 Å². The molecule has 3 aromatic heterocycles. The molecule has 53 heavy (non-hydrogen) atoms. The largest absolute Gasteiger partial charge is 0.493 e. The number of amides is 1. The number of aromatic nitrogens is 5. The van der Waals surface area contributed by atoms with Gasteiger partial charge in [-0.15, -0.1) is 0 Å². The van der Waals surface area contributed by atoms with E-state index in [1.807, 2.05) is 32.9 Å². The number of hydrogen-bond donors (Lipinski definition) is 4. The number of carbonyl (C=O) groups excluding carboxylic acids is 1. The number of fused-ring (bicyclic) bond motifs is 1. The van der Waals surface area contributed by atoms with Crippen molar-refractivity contribution in [2.45, 2.75) is 52.2 Å². The van der Waals surface area contributed by atoms with Gasteiger partial charge in [-0.05, 0) is 51.3 Å². The monoisotopic (exact) mass is 775 g/mol. The fourth-order valence-corrected chi connectivity index (χ4v) is 4.47. The van der Waals surface area contributed by atoms with E-state index in [0.717, 1.165) is 22.3 Å². The maximum absolute atomic E-state index is 12.4. The number of carbonyl (C=O) groups is 3. The summed E-state index contributed by atoms with van der Waals surface area (Å²) >= 11 is 6.77. The Labute approximate surface area is 302 Å². The zero-order chi connectivity index (χ0) is 40.6. The first-order valence-electron chi connectivity index (χ1n) is 14.9. The van der Waals surface area contributed by atoms with E-state index in [9.17, 15) is 36.2 Å². The predicted octanol–water partition coefficient (Wildman–Crippen LogP) is 5.14. The molecule has 3 heterocycles. The predicted molar refractivity (Wildman–Crippen MR) is 178 cm³/mol. The van der Waals surface area contributed by atoms with E-state index in [2.05, 4.69) is 26.8 Å². The summed E-state index contributed by atoms with van der Waals surface area (Å²) in [6.45, 7) is 7.73. The number of nitrogen functional groups attached to an aromatic ring is 1. The molecule has 2 atom stereocenters. The van der Waals surface area contributed by atoms with Crippen LogP contribution in [0.25, 0.3) is 22.2 Å². The van der Waals surface area contributed by atoms with Crippen LogP contribution in [0.1, 0.15) is 54.1 Å². The highest BCUT2D eigenvalue weighted by Crippen LogP contribution is 2.43. The number of anilines is 1. The molecule has 5 N–H and O–H groups in total. The van der Waals surface area contributed by atoms with Crippen molar-refractivity contribution >= 4 is 46.3 Å². The lowest BCUT2D eigenvalue weighted by Crippen LogP contribution is -2.22. The Hall–Kier alpha value is -5.68. The highest BCUT2D eigenvalue weighted by atomic mass is 35.5. The third-order valence-electron chi connectivity index (χ3n) is 6.69. The average Bonchev–Trinajstić information content (AvgIpc) is 3.44. The number of nitrogens with two attached hydrogens (primary N) is 1. The highest BCUT2D eigenvalue weighted by Gasteiger charge is 2.39. The van der Waals surface area contributed by atoms with Gasteiger partial charge in [0.05, 0.1) is 18.0 Å². The molecule has 0 fully saturated rings. The van der Waals surface area contributed by atoms with Gasteiger partial charge >= 0.3 is 24.3 Å². The number of alkyl halides is 6. The molecule has 0 saturated carbocycles. The maximum atomic E-state index is 12.4. The Bertz CT molecular complexity index is 2000. The van der Waals surface area contributed by atoms with E-state index in [1.54, 1.807) is 38.0 Å². The minimum atomic E-state index is -5.08. The van der Waals surface area contributed by atoms with Crippen molar-refractivity contribution in [2.75, 3.05) is 26.4 Å². The van der Waals surface area contributed by atoms with E-state index >= 15 is 0 Å². The summed E-state index contributed by atoms with van der Waals surface area (Å²) in [5, 5.41) is 29.7. The maximum Gasteiger partial charge on any atom is 0.490 e. The molecule has 4 rings (SSSR count). The lowest BCUT2D eigenvalue weighted by Gasteiger charge is -2.23. The second-order valence-electron chi connectivity index (χ2n) is 10.8. The van der Waals surface area contributed by atoms with Crippen molar-refractivity contribution in [3.63, 3.8) is 0 Å². The molecule has 0 aliphatic heterocycles. The van der Waals surface area contributed by atoms with Gasteiger partial charge in [0, 0.05) is 42.0 Å². The van der Waals surface area contributed by atoms with Crippen molar-refractivity contribution in [3.05, 3.63) is 58.3 Å². The molecular formula is C32H32ClF6N7O7. The summed E-state index contributed by atoms with van der Waals surface area (Å²) in [6.07, 6.45) is -7.99. The molecular weight excluding hydrogens is 744 g/mol. The van der Waals surface area contributed by atoms with Crippen LogP contribution in [-0.2, 0) is 9.59 Å². The third kappa shape index (κ3) is 11.2. The zero-order valence-corrected chi connectivity index (χ0v) is 29.4. The summed E-state index contributed by atoms with van der Waals surface area (Å²) in [5.41, 5.74) is 10.4. The van der Waals surface area contributed by atoms with Crippen molar-refractivity contribution in [1.82, 2.24) is 29.6 Å². The summed E-state index contributed by atoms with van der Waals surface area (Å²) < 4.78 is 71.4. The Morgan fingerprint density at radius 3 is 2.06 bits per heavy atom. The molecule has 0 bridgehead atoms. The first kappa shape index (κ1) is 43.5. The number of rotatable bonds is 6. The van der Waals surface area contributed by atoms with Crippen molar-refractivity contribution in [2.24, 2.45) is 0 Å². The van der Waals surface area contributed by atoms with Gasteiger partial charge in [-0.25, -0.2) is 24.2 Å². The number of carboxylic acid groups (broad SMARTS) is 2. The SMILES string of the molecule is CCOc1c(C(C)n2nc(C#CC(C)O)c3c(N)ncnc32)cc(Cl)c(C)c1-c1ccc(C(=O)N(C)C)nc1.O=C(O)C(F)(F)F.O=C(O)C(F)(F)F. The Morgan fingerprint density at radius 2 is 1.60 bits per heavy atom. The fraction of sp³-hybridized carbons (Fsp3) is 0.344. The van der Waals surface area contributed by atoms with Gasteiger partial charge in [0.2, 0.25) is 0 Å². The minimum absolute atomic E-state index is 0.190. The topological polar surface area (TPSA) is 207 Å². The van der Waals surface area contributed by atoms with E-state index in [1.165, 1.54) is 11.2 Å². The molecule has 0 saturated heterocycles. The lowest BCUT2D eigenvalue weighted by atomic mass is 9.94. The van der Waals surface area contributed by atoms with Crippen LogP contribution in [0, 0.1) is 18.8 Å². The number of benzene rings is 1. The molecule has 1 aromatic carbocycles. The van der Waals surface area contributed by atoms with Gasteiger partial charge in [-0.1, -0.05) is 23.6 Å². The van der Waals surface area contributed by atoms with Crippen molar-refractivity contribution in [3.8, 4) is 28.7 Å². The zero-order valence-electron chi connectivity index (χ0n) is 28.6. The standard InChI is InChI=1S/C28H30ClN7O3.2C2HF3O2/c1-7-39-25-19(12-20(29)16(3)23(25)18-9-11-22(31-13-18)28(38)35(5)6)17(4)36-27-24(26(30)32-14-33-27)21(34-36)10-8-15(2)37;2*3-2(4,5)1(6)7/h9,11-15,17,37H,7H2,1-6H3,(H2,30,32,33);2*(H,6,7). The average molecular weight is 776 g/mol.